The Morgan fingerprint density at radius 2 is 0.467 bits per heavy atom. The molecule has 0 heterocycles. The molecule has 0 atom stereocenters. The van der Waals surface area contributed by atoms with E-state index in [-0.39, 0.29) is 88.5 Å². The molecular formula is H8MnN2Na2O20S5. The van der Waals surface area contributed by atoms with Gasteiger partial charge in [0.05, 0.1) is 0 Å². The summed E-state index contributed by atoms with van der Waals surface area (Å²) in [7, 11) is -26.4. The molecule has 8 N–H and O–H groups in total. The van der Waals surface area contributed by atoms with Gasteiger partial charge < -0.3 is 39.6 Å². The van der Waals surface area contributed by atoms with Gasteiger partial charge in [-0.05, 0) is 0 Å². The van der Waals surface area contributed by atoms with Gasteiger partial charge in [0.1, 0.15) is 0 Å². The second kappa shape index (κ2) is 21.3. The quantitative estimate of drug-likeness (QED) is 0.0917. The number of hydrogen-bond donors (Lipinski definition) is 2. The van der Waals surface area contributed by atoms with Crippen LogP contribution in [0.3, 0.4) is 0 Å². The van der Waals surface area contributed by atoms with E-state index in [1.54, 1.807) is 0 Å². The van der Waals surface area contributed by atoms with Crippen LogP contribution in [-0.4, -0.2) is 69.4 Å². The summed E-state index contributed by atoms with van der Waals surface area (Å²) in [6.45, 7) is 0. The molecule has 0 aromatic rings. The van der Waals surface area contributed by atoms with Gasteiger partial charge in [-0.25, -0.2) is 33.7 Å². The molecule has 30 heavy (non-hydrogen) atoms. The molecule has 0 aliphatic rings. The van der Waals surface area contributed by atoms with Crippen molar-refractivity contribution in [2.45, 2.75) is 0 Å². The first-order valence-electron chi connectivity index (χ1n) is 3.67. The molecule has 22 nitrogen and oxygen atoms in total. The van der Waals surface area contributed by atoms with Gasteiger partial charge in [0.15, 0.2) is 0 Å². The third-order valence-corrected chi connectivity index (χ3v) is 1.50. The Kier molecular flexibility index (Phi) is 37.9. The fraction of sp³-hybridized carbons (Fsp3) is 0. The molecule has 0 saturated heterocycles. The molecule has 1 radical (unpaired) electrons. The first-order valence-corrected chi connectivity index (χ1v) is 10.3. The van der Waals surface area contributed by atoms with E-state index in [9.17, 15) is 51.9 Å². The predicted molar refractivity (Wildman–Crippen MR) is 65.6 cm³/mol. The van der Waals surface area contributed by atoms with Crippen molar-refractivity contribution in [1.29, 1.82) is 0 Å². The molecule has 0 aliphatic carbocycles. The Hall–Kier alpha value is 1.79. The van der Waals surface area contributed by atoms with E-state index < -0.39 is 52.0 Å². The third kappa shape index (κ3) is 99.0. The summed E-state index contributed by atoms with van der Waals surface area (Å²) in [5, 5.41) is 0. The number of hydrogen-bond acceptors (Lipinski definition) is 20. The number of rotatable bonds is 6. The normalized spacial score (nSPS) is 10.9. The Balaban J connectivity index is -0.0000000389. The number of quaternary nitrogens is 2. The van der Waals surface area contributed by atoms with Crippen molar-refractivity contribution in [1.82, 2.24) is 12.3 Å². The van der Waals surface area contributed by atoms with Gasteiger partial charge in [-0.1, -0.05) is 0 Å². The topological polar surface area (TPSA) is 419 Å². The molecule has 0 aliphatic heterocycles. The van der Waals surface area contributed by atoms with Crippen molar-refractivity contribution in [3.05, 3.63) is 0 Å². The maximum atomic E-state index is 9.37. The van der Waals surface area contributed by atoms with E-state index in [0.29, 0.717) is 0 Å². The van der Waals surface area contributed by atoms with Crippen LogP contribution in [-0.2, 0) is 86.4 Å². The Morgan fingerprint density at radius 1 is 0.400 bits per heavy atom. The van der Waals surface area contributed by atoms with E-state index in [1.807, 2.05) is 0 Å². The summed E-state index contributed by atoms with van der Waals surface area (Å²) < 4.78 is 157. The second-order valence-corrected chi connectivity index (χ2v) is 6.94. The minimum Gasteiger partial charge on any atom is -0.759 e. The van der Waals surface area contributed by atoms with E-state index in [4.69, 9.17) is 17.5 Å². The summed E-state index contributed by atoms with van der Waals surface area (Å²) in [5.41, 5.74) is 0. The van der Waals surface area contributed by atoms with Crippen LogP contribution in [0.5, 0.6) is 0 Å². The summed E-state index contributed by atoms with van der Waals surface area (Å²) in [6, 6.07) is 0. The Labute approximate surface area is 224 Å². The van der Waals surface area contributed by atoms with Gasteiger partial charge in [0.25, 0.3) is 0 Å². The van der Waals surface area contributed by atoms with Gasteiger partial charge in [0.2, 0.25) is 41.6 Å². The fourth-order valence-corrected chi connectivity index (χ4v) is 1.22. The summed E-state index contributed by atoms with van der Waals surface area (Å²) in [4.78, 5) is 0. The molecule has 0 spiro atoms. The van der Waals surface area contributed by atoms with Crippen molar-refractivity contribution >= 4 is 52.0 Å². The van der Waals surface area contributed by atoms with E-state index in [0.717, 1.165) is 0 Å². The first kappa shape index (κ1) is 53.2. The zero-order valence-electron chi connectivity index (χ0n) is 14.6. The largest absolute Gasteiger partial charge is 2.00 e. The predicted octanol–water partition coefficient (Wildman–Crippen LogP) is -10.9. The van der Waals surface area contributed by atoms with Gasteiger partial charge >= 0.3 is 76.2 Å². The zero-order valence-corrected chi connectivity index (χ0v) is 23.8. The van der Waals surface area contributed by atoms with E-state index >= 15 is 0 Å². The third-order valence-electron chi connectivity index (χ3n) is 0.389. The van der Waals surface area contributed by atoms with Crippen LogP contribution in [0.4, 0.5) is 0 Å². The van der Waals surface area contributed by atoms with Crippen LogP contribution in [0, 0.1) is 0 Å². The van der Waals surface area contributed by atoms with Gasteiger partial charge in [-0.15, -0.1) is 17.3 Å². The standard InChI is InChI=1S/Mn.2H3N.2Na.2H2O8S2.H2O4S/c;;;;;2*1-9(2,3)7-8-10(4,5)6;1-5(2,3)4/h;2*1H3;;;2*(H,1,2,3)(H,4,5,6);(H2,1,2,3,4)/q+2;;;2*+1;;;/p-4. The van der Waals surface area contributed by atoms with E-state index in [1.165, 1.54) is 0 Å². The minimum atomic E-state index is -5.31. The molecule has 0 aromatic carbocycles. The molecule has 0 aromatic heterocycles. The molecule has 0 bridgehead atoms. The zero-order chi connectivity index (χ0) is 21.3. The van der Waals surface area contributed by atoms with Gasteiger partial charge in [-0.2, -0.15) is 0 Å². The Morgan fingerprint density at radius 3 is 0.500 bits per heavy atom. The Bertz CT molecular complexity index is 775. The van der Waals surface area contributed by atoms with Crippen molar-refractivity contribution in [3.63, 3.8) is 0 Å². The molecular weight excluding hydrogens is 609 g/mol. The average molecular weight is 617 g/mol. The smallest absolute Gasteiger partial charge is 0.759 e. The molecule has 0 amide bonds. The summed E-state index contributed by atoms with van der Waals surface area (Å²) in [6.07, 6.45) is 0. The van der Waals surface area contributed by atoms with Crippen LogP contribution in [0.1, 0.15) is 0 Å². The fourth-order valence-electron chi connectivity index (χ4n) is 0.136. The molecule has 0 rings (SSSR count). The molecule has 30 heteroatoms. The maximum absolute atomic E-state index is 9.37. The summed E-state index contributed by atoms with van der Waals surface area (Å²) in [5.74, 6) is 0. The van der Waals surface area contributed by atoms with Crippen molar-refractivity contribution in [2.75, 3.05) is 0 Å². The SMILES string of the molecule is O=S(=O)([O-])OOS(=O)(=O)[O-].O=S(=O)([O-])OOS(=O)(=O)[O-].O=S(=O)([O-])[O-].[Mn+2].[NH4+].[NH4+].[Na+].[Na+]. The maximum Gasteiger partial charge on any atom is 2.00 e. The first-order chi connectivity index (χ1) is 10.4. The van der Waals surface area contributed by atoms with Crippen molar-refractivity contribution in [2.24, 2.45) is 0 Å². The van der Waals surface area contributed by atoms with Gasteiger partial charge in [0, 0.05) is 10.4 Å². The second-order valence-electron chi connectivity index (χ2n) is 2.31. The average Bonchev–Trinajstić information content (AvgIpc) is 2.18. The molecule has 0 saturated carbocycles. The molecule has 0 fully saturated rings. The van der Waals surface area contributed by atoms with Crippen LogP contribution >= 0.6 is 0 Å². The molecule has 177 valence electrons. The van der Waals surface area contributed by atoms with Gasteiger partial charge in [-0.3, -0.25) is 8.42 Å². The van der Waals surface area contributed by atoms with Crippen LogP contribution in [0.15, 0.2) is 0 Å². The van der Waals surface area contributed by atoms with Crippen molar-refractivity contribution < 1.29 is 163 Å². The summed E-state index contributed by atoms with van der Waals surface area (Å²) >= 11 is 0. The van der Waals surface area contributed by atoms with E-state index in [2.05, 4.69) is 17.3 Å². The molecule has 0 unspecified atom stereocenters. The van der Waals surface area contributed by atoms with Crippen LogP contribution < -0.4 is 71.4 Å². The van der Waals surface area contributed by atoms with Crippen LogP contribution in [0.25, 0.3) is 0 Å². The van der Waals surface area contributed by atoms with Crippen LogP contribution in [0.2, 0.25) is 0 Å². The minimum absolute atomic E-state index is 0. The monoisotopic (exact) mass is 617 g/mol. The van der Waals surface area contributed by atoms with Crippen molar-refractivity contribution in [3.8, 4) is 0 Å².